The standard InChI is InChI=1S/C14H25N3/c1-5-7-8-14(15-9-6-2)13-10-11(3)16-17-12(13)4/h10,14-15H,5-9H2,1-4H3. The van der Waals surface area contributed by atoms with Gasteiger partial charge in [-0.1, -0.05) is 26.7 Å². The van der Waals surface area contributed by atoms with E-state index in [0.717, 1.165) is 17.9 Å². The maximum absolute atomic E-state index is 4.23. The molecular formula is C14H25N3. The van der Waals surface area contributed by atoms with E-state index >= 15 is 0 Å². The molecule has 1 aromatic heterocycles. The first-order chi connectivity index (χ1) is 8.19. The summed E-state index contributed by atoms with van der Waals surface area (Å²) in [6.07, 6.45) is 4.84. The fourth-order valence-corrected chi connectivity index (χ4v) is 2.02. The van der Waals surface area contributed by atoms with Crippen LogP contribution in [0.2, 0.25) is 0 Å². The number of aromatic nitrogens is 2. The fourth-order valence-electron chi connectivity index (χ4n) is 2.02. The molecule has 96 valence electrons. The third kappa shape index (κ3) is 4.43. The lowest BCUT2D eigenvalue weighted by molar-refractivity contribution is 0.476. The molecule has 0 aliphatic carbocycles. The highest BCUT2D eigenvalue weighted by atomic mass is 15.1. The van der Waals surface area contributed by atoms with Crippen LogP contribution < -0.4 is 5.32 Å². The van der Waals surface area contributed by atoms with Crippen LogP contribution in [0.3, 0.4) is 0 Å². The molecule has 17 heavy (non-hydrogen) atoms. The first-order valence-corrected chi connectivity index (χ1v) is 6.73. The van der Waals surface area contributed by atoms with Gasteiger partial charge in [0.15, 0.2) is 0 Å². The van der Waals surface area contributed by atoms with Gasteiger partial charge >= 0.3 is 0 Å². The molecule has 0 radical (unpaired) electrons. The largest absolute Gasteiger partial charge is 0.310 e. The predicted octanol–water partition coefficient (Wildman–Crippen LogP) is 3.32. The summed E-state index contributed by atoms with van der Waals surface area (Å²) in [6.45, 7) is 9.56. The smallest absolute Gasteiger partial charge is 0.0648 e. The van der Waals surface area contributed by atoms with Crippen LogP contribution in [0.1, 0.15) is 62.5 Å². The van der Waals surface area contributed by atoms with Gasteiger partial charge in [0.05, 0.1) is 11.4 Å². The van der Waals surface area contributed by atoms with Gasteiger partial charge in [0.2, 0.25) is 0 Å². The van der Waals surface area contributed by atoms with Crippen molar-refractivity contribution in [2.24, 2.45) is 0 Å². The average molecular weight is 235 g/mol. The molecule has 1 rings (SSSR count). The lowest BCUT2D eigenvalue weighted by atomic mass is 9.99. The topological polar surface area (TPSA) is 37.8 Å². The highest BCUT2D eigenvalue weighted by Crippen LogP contribution is 2.21. The van der Waals surface area contributed by atoms with E-state index in [-0.39, 0.29) is 0 Å². The molecule has 0 aliphatic heterocycles. The van der Waals surface area contributed by atoms with Gasteiger partial charge in [0.1, 0.15) is 0 Å². The maximum Gasteiger partial charge on any atom is 0.0648 e. The number of hydrogen-bond acceptors (Lipinski definition) is 3. The first kappa shape index (κ1) is 14.1. The molecule has 0 bridgehead atoms. The summed E-state index contributed by atoms with van der Waals surface area (Å²) in [5, 5.41) is 12.0. The van der Waals surface area contributed by atoms with Crippen LogP contribution in [0, 0.1) is 13.8 Å². The molecule has 0 saturated carbocycles. The predicted molar refractivity (Wildman–Crippen MR) is 72.1 cm³/mol. The number of rotatable bonds is 7. The summed E-state index contributed by atoms with van der Waals surface area (Å²) >= 11 is 0. The minimum Gasteiger partial charge on any atom is -0.310 e. The van der Waals surface area contributed by atoms with E-state index in [9.17, 15) is 0 Å². The average Bonchev–Trinajstić information content (AvgIpc) is 2.33. The van der Waals surface area contributed by atoms with Crippen molar-refractivity contribution < 1.29 is 0 Å². The van der Waals surface area contributed by atoms with E-state index in [0.29, 0.717) is 6.04 Å². The molecule has 1 atom stereocenters. The highest BCUT2D eigenvalue weighted by molar-refractivity contribution is 5.23. The van der Waals surface area contributed by atoms with Crippen molar-refractivity contribution in [2.75, 3.05) is 6.54 Å². The van der Waals surface area contributed by atoms with E-state index in [4.69, 9.17) is 0 Å². The second-order valence-corrected chi connectivity index (χ2v) is 4.68. The van der Waals surface area contributed by atoms with E-state index in [1.54, 1.807) is 0 Å². The fraction of sp³-hybridized carbons (Fsp3) is 0.714. The molecule has 1 heterocycles. The van der Waals surface area contributed by atoms with Crippen LogP contribution >= 0.6 is 0 Å². The minimum atomic E-state index is 0.434. The van der Waals surface area contributed by atoms with Gasteiger partial charge in [-0.2, -0.15) is 10.2 Å². The first-order valence-electron chi connectivity index (χ1n) is 6.73. The van der Waals surface area contributed by atoms with Crippen molar-refractivity contribution in [3.63, 3.8) is 0 Å². The lowest BCUT2D eigenvalue weighted by Crippen LogP contribution is -2.23. The molecule has 1 unspecified atom stereocenters. The van der Waals surface area contributed by atoms with Crippen LogP contribution in [0.15, 0.2) is 6.07 Å². The molecular weight excluding hydrogens is 210 g/mol. The number of nitrogens with zero attached hydrogens (tertiary/aromatic N) is 2. The second-order valence-electron chi connectivity index (χ2n) is 4.68. The summed E-state index contributed by atoms with van der Waals surface area (Å²) in [4.78, 5) is 0. The second kappa shape index (κ2) is 7.38. The zero-order chi connectivity index (χ0) is 12.7. The molecule has 0 aromatic carbocycles. The van der Waals surface area contributed by atoms with Crippen molar-refractivity contribution >= 4 is 0 Å². The van der Waals surface area contributed by atoms with Gasteiger partial charge in [0, 0.05) is 6.04 Å². The third-order valence-corrected chi connectivity index (χ3v) is 3.00. The Morgan fingerprint density at radius 3 is 2.59 bits per heavy atom. The van der Waals surface area contributed by atoms with Crippen molar-refractivity contribution in [3.8, 4) is 0 Å². The Morgan fingerprint density at radius 2 is 1.94 bits per heavy atom. The molecule has 3 heteroatoms. The Hall–Kier alpha value is -0.960. The van der Waals surface area contributed by atoms with Gasteiger partial charge in [-0.05, 0) is 44.9 Å². The van der Waals surface area contributed by atoms with Crippen molar-refractivity contribution in [3.05, 3.63) is 23.0 Å². The SMILES string of the molecule is CCCCC(NCCC)c1cc(C)nnc1C. The molecule has 3 nitrogen and oxygen atoms in total. The molecule has 0 saturated heterocycles. The summed E-state index contributed by atoms with van der Waals surface area (Å²) < 4.78 is 0. The molecule has 0 spiro atoms. The van der Waals surface area contributed by atoms with Crippen LogP contribution in [0.5, 0.6) is 0 Å². The summed E-state index contributed by atoms with van der Waals surface area (Å²) in [6, 6.07) is 2.61. The molecule has 0 fully saturated rings. The van der Waals surface area contributed by atoms with Gasteiger partial charge < -0.3 is 5.32 Å². The van der Waals surface area contributed by atoms with Crippen LogP contribution in [-0.4, -0.2) is 16.7 Å². The van der Waals surface area contributed by atoms with E-state index in [2.05, 4.69) is 35.4 Å². The van der Waals surface area contributed by atoms with Gasteiger partial charge in [-0.15, -0.1) is 0 Å². The summed E-state index contributed by atoms with van der Waals surface area (Å²) in [7, 11) is 0. The molecule has 1 N–H and O–H groups in total. The normalized spacial score (nSPS) is 12.7. The van der Waals surface area contributed by atoms with E-state index in [1.165, 1.54) is 31.2 Å². The maximum atomic E-state index is 4.23. The molecule has 0 amide bonds. The van der Waals surface area contributed by atoms with Gasteiger partial charge in [-0.3, -0.25) is 0 Å². The zero-order valence-electron chi connectivity index (χ0n) is 11.6. The minimum absolute atomic E-state index is 0.434. The summed E-state index contributed by atoms with van der Waals surface area (Å²) in [5.74, 6) is 0. The quantitative estimate of drug-likeness (QED) is 0.787. The van der Waals surface area contributed by atoms with Gasteiger partial charge in [-0.25, -0.2) is 0 Å². The van der Waals surface area contributed by atoms with Crippen molar-refractivity contribution in [2.45, 2.75) is 59.4 Å². The van der Waals surface area contributed by atoms with Crippen LogP contribution in [0.25, 0.3) is 0 Å². The monoisotopic (exact) mass is 235 g/mol. The van der Waals surface area contributed by atoms with E-state index in [1.807, 2.05) is 13.8 Å². The third-order valence-electron chi connectivity index (χ3n) is 3.00. The Balaban J connectivity index is 2.82. The van der Waals surface area contributed by atoms with E-state index < -0.39 is 0 Å². The lowest BCUT2D eigenvalue weighted by Gasteiger charge is -2.20. The highest BCUT2D eigenvalue weighted by Gasteiger charge is 2.13. The van der Waals surface area contributed by atoms with Crippen LogP contribution in [-0.2, 0) is 0 Å². The molecule has 0 aliphatic rings. The Bertz CT molecular complexity index is 328. The Morgan fingerprint density at radius 1 is 1.18 bits per heavy atom. The van der Waals surface area contributed by atoms with Crippen molar-refractivity contribution in [1.29, 1.82) is 0 Å². The van der Waals surface area contributed by atoms with Crippen LogP contribution in [0.4, 0.5) is 0 Å². The van der Waals surface area contributed by atoms with Crippen molar-refractivity contribution in [1.82, 2.24) is 15.5 Å². The zero-order valence-corrected chi connectivity index (χ0v) is 11.6. The number of nitrogens with one attached hydrogen (secondary N) is 1. The van der Waals surface area contributed by atoms with Gasteiger partial charge in [0.25, 0.3) is 0 Å². The Labute approximate surface area is 105 Å². The number of aryl methyl sites for hydroxylation is 2. The Kier molecular flexibility index (Phi) is 6.12. The summed E-state index contributed by atoms with van der Waals surface area (Å²) in [5.41, 5.74) is 3.38. The number of unbranched alkanes of at least 4 members (excludes halogenated alkanes) is 1. The number of hydrogen-bond donors (Lipinski definition) is 1. The molecule has 1 aromatic rings.